The molecule has 1 aromatic heterocycles. The molecule has 0 aliphatic heterocycles. The van der Waals surface area contributed by atoms with Gasteiger partial charge in [0.15, 0.2) is 0 Å². The molecule has 1 unspecified atom stereocenters. The van der Waals surface area contributed by atoms with Crippen molar-refractivity contribution in [1.29, 1.82) is 0 Å². The van der Waals surface area contributed by atoms with Gasteiger partial charge in [0, 0.05) is 5.92 Å². The summed E-state index contributed by atoms with van der Waals surface area (Å²) in [6.45, 7) is 5.14. The van der Waals surface area contributed by atoms with Gasteiger partial charge in [0.1, 0.15) is 24.3 Å². The van der Waals surface area contributed by atoms with Crippen LogP contribution in [0.25, 0.3) is 11.0 Å². The number of aliphatic hydroxyl groups excluding tert-OH is 1. The van der Waals surface area contributed by atoms with Gasteiger partial charge in [-0.15, -0.1) is 0 Å². The van der Waals surface area contributed by atoms with Crippen molar-refractivity contribution >= 4 is 11.0 Å². The molecule has 4 rings (SSSR count). The second-order valence-electron chi connectivity index (χ2n) is 8.59. The van der Waals surface area contributed by atoms with Crippen molar-refractivity contribution in [3.8, 4) is 5.75 Å². The van der Waals surface area contributed by atoms with Crippen LogP contribution in [-0.2, 0) is 6.54 Å². The fraction of sp³-hybridized carbons (Fsp3) is 0.480. The Kier molecular flexibility index (Phi) is 6.19. The smallest absolute Gasteiger partial charge is 0.119 e. The number of hydrogen-bond donors (Lipinski definition) is 1. The maximum absolute atomic E-state index is 10.7. The van der Waals surface area contributed by atoms with Gasteiger partial charge in [-0.3, -0.25) is 0 Å². The number of nitrogens with zero attached hydrogens (tertiary/aromatic N) is 2. The number of rotatable bonds is 7. The van der Waals surface area contributed by atoms with E-state index >= 15 is 0 Å². The van der Waals surface area contributed by atoms with E-state index < -0.39 is 6.10 Å². The summed E-state index contributed by atoms with van der Waals surface area (Å²) in [4.78, 5) is 4.94. The van der Waals surface area contributed by atoms with Crippen molar-refractivity contribution in [3.05, 3.63) is 59.9 Å². The van der Waals surface area contributed by atoms with Crippen LogP contribution in [0, 0.1) is 0 Å². The van der Waals surface area contributed by atoms with Gasteiger partial charge >= 0.3 is 0 Å². The molecule has 1 atom stereocenters. The van der Waals surface area contributed by atoms with Gasteiger partial charge in [-0.05, 0) is 48.6 Å². The summed E-state index contributed by atoms with van der Waals surface area (Å²) < 4.78 is 8.09. The molecule has 4 heteroatoms. The number of hydrogen-bond acceptors (Lipinski definition) is 3. The minimum atomic E-state index is -0.584. The quantitative estimate of drug-likeness (QED) is 0.565. The fourth-order valence-electron chi connectivity index (χ4n) is 4.36. The summed E-state index contributed by atoms with van der Waals surface area (Å²) in [5.41, 5.74) is 3.42. The van der Waals surface area contributed by atoms with Crippen molar-refractivity contribution in [3.63, 3.8) is 0 Å². The second-order valence-corrected chi connectivity index (χ2v) is 8.59. The molecule has 2 aromatic carbocycles. The number of ether oxygens (including phenoxy) is 1. The molecular weight excluding hydrogens is 360 g/mol. The third-order valence-corrected chi connectivity index (χ3v) is 6.04. The van der Waals surface area contributed by atoms with Gasteiger partial charge < -0.3 is 14.4 Å². The first kappa shape index (κ1) is 20.0. The first-order valence-electron chi connectivity index (χ1n) is 11.0. The van der Waals surface area contributed by atoms with E-state index in [0.29, 0.717) is 18.4 Å². The molecule has 1 heterocycles. The van der Waals surface area contributed by atoms with E-state index in [4.69, 9.17) is 9.72 Å². The standard InChI is InChI=1S/C25H32N2O2/c1-18(2)19-12-14-22(15-13-19)29-17-21(28)16-27-24-11-7-6-10-23(24)26-25(27)20-8-4-3-5-9-20/h6-7,10-15,18,20-21,28H,3-5,8-9,16-17H2,1-2H3. The first-order valence-corrected chi connectivity index (χ1v) is 11.0. The third kappa shape index (κ3) is 4.64. The Balaban J connectivity index is 1.47. The summed E-state index contributed by atoms with van der Waals surface area (Å²) in [5, 5.41) is 10.7. The zero-order chi connectivity index (χ0) is 20.2. The SMILES string of the molecule is CC(C)c1ccc(OCC(O)Cn2c(C3CCCCC3)nc3ccccc32)cc1. The molecular formula is C25H32N2O2. The molecule has 1 aliphatic rings. The van der Waals surface area contributed by atoms with E-state index in [1.807, 2.05) is 24.3 Å². The summed E-state index contributed by atoms with van der Waals surface area (Å²) in [5.74, 6) is 2.93. The van der Waals surface area contributed by atoms with Crippen LogP contribution < -0.4 is 4.74 Å². The molecule has 29 heavy (non-hydrogen) atoms. The Hall–Kier alpha value is -2.33. The predicted octanol–water partition coefficient (Wildman–Crippen LogP) is 5.65. The molecule has 0 bridgehead atoms. The fourth-order valence-corrected chi connectivity index (χ4v) is 4.36. The van der Waals surface area contributed by atoms with Gasteiger partial charge in [-0.2, -0.15) is 0 Å². The average Bonchev–Trinajstić information content (AvgIpc) is 3.11. The number of fused-ring (bicyclic) bond motifs is 1. The number of para-hydroxylation sites is 2. The topological polar surface area (TPSA) is 47.3 Å². The summed E-state index contributed by atoms with van der Waals surface area (Å²) in [6, 6.07) is 16.4. The summed E-state index contributed by atoms with van der Waals surface area (Å²) in [6.07, 6.45) is 5.66. The Morgan fingerprint density at radius 2 is 1.76 bits per heavy atom. The van der Waals surface area contributed by atoms with E-state index in [2.05, 4.69) is 42.7 Å². The van der Waals surface area contributed by atoms with E-state index in [9.17, 15) is 5.11 Å². The van der Waals surface area contributed by atoms with Crippen LogP contribution >= 0.6 is 0 Å². The van der Waals surface area contributed by atoms with E-state index in [1.165, 1.54) is 37.7 Å². The minimum absolute atomic E-state index is 0.275. The molecule has 0 radical (unpaired) electrons. The number of aliphatic hydroxyl groups is 1. The molecule has 154 valence electrons. The molecule has 1 fully saturated rings. The van der Waals surface area contributed by atoms with Gasteiger partial charge in [0.2, 0.25) is 0 Å². The van der Waals surface area contributed by atoms with Crippen LogP contribution in [0.5, 0.6) is 5.75 Å². The van der Waals surface area contributed by atoms with Crippen LogP contribution in [0.3, 0.4) is 0 Å². The predicted molar refractivity (Wildman–Crippen MR) is 118 cm³/mol. The molecule has 0 saturated heterocycles. The first-order chi connectivity index (χ1) is 14.1. The van der Waals surface area contributed by atoms with Gasteiger partial charge in [0.25, 0.3) is 0 Å². The number of aromatic nitrogens is 2. The zero-order valence-corrected chi connectivity index (χ0v) is 17.6. The number of imidazole rings is 1. The van der Waals surface area contributed by atoms with E-state index in [-0.39, 0.29) is 6.61 Å². The lowest BCUT2D eigenvalue weighted by Gasteiger charge is -2.23. The zero-order valence-electron chi connectivity index (χ0n) is 17.6. The highest BCUT2D eigenvalue weighted by molar-refractivity contribution is 5.76. The minimum Gasteiger partial charge on any atom is -0.491 e. The molecule has 4 nitrogen and oxygen atoms in total. The molecule has 1 saturated carbocycles. The van der Waals surface area contributed by atoms with Crippen molar-refractivity contribution in [2.24, 2.45) is 0 Å². The van der Waals surface area contributed by atoms with Crippen LogP contribution in [-0.4, -0.2) is 27.4 Å². The van der Waals surface area contributed by atoms with Gasteiger partial charge in [-0.1, -0.05) is 57.4 Å². The average molecular weight is 393 g/mol. The van der Waals surface area contributed by atoms with Crippen molar-refractivity contribution in [2.45, 2.75) is 70.4 Å². The third-order valence-electron chi connectivity index (χ3n) is 6.04. The van der Waals surface area contributed by atoms with E-state index in [0.717, 1.165) is 22.6 Å². The van der Waals surface area contributed by atoms with Crippen LogP contribution in [0.4, 0.5) is 0 Å². The Morgan fingerprint density at radius 1 is 1.03 bits per heavy atom. The lowest BCUT2D eigenvalue weighted by molar-refractivity contribution is 0.0922. The molecule has 1 N–H and O–H groups in total. The molecule has 1 aliphatic carbocycles. The lowest BCUT2D eigenvalue weighted by Crippen LogP contribution is -2.25. The van der Waals surface area contributed by atoms with Crippen molar-refractivity contribution in [1.82, 2.24) is 9.55 Å². The maximum Gasteiger partial charge on any atom is 0.119 e. The van der Waals surface area contributed by atoms with Crippen molar-refractivity contribution < 1.29 is 9.84 Å². The van der Waals surface area contributed by atoms with E-state index in [1.54, 1.807) is 0 Å². The summed E-state index contributed by atoms with van der Waals surface area (Å²) >= 11 is 0. The normalized spacial score (nSPS) is 16.4. The number of benzene rings is 2. The van der Waals surface area contributed by atoms with Gasteiger partial charge in [-0.25, -0.2) is 4.98 Å². The monoisotopic (exact) mass is 392 g/mol. The Labute approximate surface area is 173 Å². The highest BCUT2D eigenvalue weighted by Crippen LogP contribution is 2.34. The van der Waals surface area contributed by atoms with Crippen LogP contribution in [0.2, 0.25) is 0 Å². The largest absolute Gasteiger partial charge is 0.491 e. The molecule has 0 spiro atoms. The highest BCUT2D eigenvalue weighted by atomic mass is 16.5. The van der Waals surface area contributed by atoms with Crippen molar-refractivity contribution in [2.75, 3.05) is 6.61 Å². The molecule has 0 amide bonds. The second kappa shape index (κ2) is 9.00. The lowest BCUT2D eigenvalue weighted by atomic mass is 9.88. The summed E-state index contributed by atoms with van der Waals surface area (Å²) in [7, 11) is 0. The maximum atomic E-state index is 10.7. The Bertz CT molecular complexity index is 924. The van der Waals surface area contributed by atoms with Crippen LogP contribution in [0.1, 0.15) is 69.2 Å². The molecule has 3 aromatic rings. The van der Waals surface area contributed by atoms with Gasteiger partial charge in [0.05, 0.1) is 17.6 Å². The Morgan fingerprint density at radius 3 is 2.48 bits per heavy atom. The highest BCUT2D eigenvalue weighted by Gasteiger charge is 2.23. The van der Waals surface area contributed by atoms with Crippen LogP contribution in [0.15, 0.2) is 48.5 Å².